The molecule has 1 atom stereocenters. The number of aryl methyl sites for hydroxylation is 2. The van der Waals surface area contributed by atoms with Crippen molar-refractivity contribution in [2.24, 2.45) is 5.73 Å². The molecule has 1 unspecified atom stereocenters. The van der Waals surface area contributed by atoms with Gasteiger partial charge >= 0.3 is 5.97 Å². The van der Waals surface area contributed by atoms with Crippen molar-refractivity contribution in [3.63, 3.8) is 0 Å². The number of carbonyl (C=O) groups excluding carboxylic acids is 1. The zero-order chi connectivity index (χ0) is 25.5. The Bertz CT molecular complexity index is 1270. The number of allylic oxidation sites excluding steroid dienone is 1. The Labute approximate surface area is 214 Å². The fraction of sp³-hybridized carbons (Fsp3) is 0.308. The van der Waals surface area contributed by atoms with E-state index < -0.39 is 11.9 Å². The first kappa shape index (κ1) is 26.2. The van der Waals surface area contributed by atoms with Crippen molar-refractivity contribution in [3.05, 3.63) is 75.5 Å². The van der Waals surface area contributed by atoms with Gasteiger partial charge in [0.25, 0.3) is 0 Å². The highest BCUT2D eigenvalue weighted by Crippen LogP contribution is 2.41. The van der Waals surface area contributed by atoms with Crippen LogP contribution >= 0.6 is 23.5 Å². The molecule has 2 N–H and O–H groups in total. The second-order valence-corrected chi connectivity index (χ2v) is 9.46. The van der Waals surface area contributed by atoms with Gasteiger partial charge in [-0.3, -0.25) is 0 Å². The zero-order valence-electron chi connectivity index (χ0n) is 20.0. The molecule has 0 amide bonds. The van der Waals surface area contributed by atoms with Gasteiger partial charge in [0.1, 0.15) is 28.5 Å². The average molecular weight is 507 g/mol. The summed E-state index contributed by atoms with van der Waals surface area (Å²) in [4.78, 5) is 18.8. The molecule has 9 heteroatoms. The third kappa shape index (κ3) is 5.64. The predicted octanol–water partition coefficient (Wildman–Crippen LogP) is 4.96. The molecule has 1 aromatic heterocycles. The molecule has 35 heavy (non-hydrogen) atoms. The van der Waals surface area contributed by atoms with Gasteiger partial charge in [0.05, 0.1) is 29.4 Å². The maximum Gasteiger partial charge on any atom is 0.338 e. The first-order valence-electron chi connectivity index (χ1n) is 11.0. The molecule has 1 aliphatic rings. The van der Waals surface area contributed by atoms with E-state index >= 15 is 0 Å². The molecule has 2 heterocycles. The third-order valence-corrected chi connectivity index (χ3v) is 7.25. The summed E-state index contributed by atoms with van der Waals surface area (Å²) in [6, 6.07) is 13.7. The van der Waals surface area contributed by atoms with Crippen molar-refractivity contribution >= 4 is 29.5 Å². The van der Waals surface area contributed by atoms with E-state index in [9.17, 15) is 15.3 Å². The van der Waals surface area contributed by atoms with Crippen molar-refractivity contribution in [1.82, 2.24) is 4.98 Å². The van der Waals surface area contributed by atoms with Gasteiger partial charge in [-0.05, 0) is 55.9 Å². The lowest BCUT2D eigenvalue weighted by molar-refractivity contribution is -0.139. The fourth-order valence-electron chi connectivity index (χ4n) is 3.80. The quantitative estimate of drug-likeness (QED) is 0.391. The van der Waals surface area contributed by atoms with Gasteiger partial charge in [-0.1, -0.05) is 30.8 Å². The van der Waals surface area contributed by atoms with Crippen LogP contribution in [0.3, 0.4) is 0 Å². The molecule has 0 fully saturated rings. The summed E-state index contributed by atoms with van der Waals surface area (Å²) in [5.41, 5.74) is 9.56. The number of nitrogens with zero attached hydrogens (tertiary/aromatic N) is 3. The molecule has 0 spiro atoms. The molecule has 1 aromatic carbocycles. The van der Waals surface area contributed by atoms with Gasteiger partial charge < -0.3 is 15.2 Å². The van der Waals surface area contributed by atoms with Crippen LogP contribution in [0.5, 0.6) is 0 Å². The van der Waals surface area contributed by atoms with Crippen LogP contribution in [0.4, 0.5) is 0 Å². The highest BCUT2D eigenvalue weighted by atomic mass is 32.2. The normalized spacial score (nSPS) is 15.3. The summed E-state index contributed by atoms with van der Waals surface area (Å²) in [6.45, 7) is 5.81. The van der Waals surface area contributed by atoms with Gasteiger partial charge in [0, 0.05) is 10.6 Å². The van der Waals surface area contributed by atoms with Crippen molar-refractivity contribution in [3.8, 4) is 12.1 Å². The fourth-order valence-corrected chi connectivity index (χ4v) is 5.13. The van der Waals surface area contributed by atoms with Gasteiger partial charge in [0.15, 0.2) is 0 Å². The number of hydrogen-bond acceptors (Lipinski definition) is 9. The first-order chi connectivity index (χ1) is 16.9. The Balaban J connectivity index is 2.10. The minimum atomic E-state index is -0.730. The van der Waals surface area contributed by atoms with Gasteiger partial charge in [-0.25, -0.2) is 9.78 Å². The van der Waals surface area contributed by atoms with E-state index in [1.807, 2.05) is 50.4 Å². The van der Waals surface area contributed by atoms with Crippen LogP contribution in [0.2, 0.25) is 0 Å². The van der Waals surface area contributed by atoms with Crippen molar-refractivity contribution < 1.29 is 14.3 Å². The van der Waals surface area contributed by atoms with Crippen LogP contribution in [-0.4, -0.2) is 29.6 Å². The average Bonchev–Trinajstić information content (AvgIpc) is 2.87. The van der Waals surface area contributed by atoms with E-state index in [-0.39, 0.29) is 35.1 Å². The Morgan fingerprint density at radius 1 is 1.23 bits per heavy atom. The minimum absolute atomic E-state index is 0.0540. The maximum absolute atomic E-state index is 13.1. The highest BCUT2D eigenvalue weighted by molar-refractivity contribution is 7.99. The molecule has 0 aliphatic carbocycles. The van der Waals surface area contributed by atoms with E-state index in [0.29, 0.717) is 10.6 Å². The summed E-state index contributed by atoms with van der Waals surface area (Å²) >= 11 is 2.87. The molecular weight excluding hydrogens is 480 g/mol. The second-order valence-electron chi connectivity index (χ2n) is 7.61. The van der Waals surface area contributed by atoms with Crippen LogP contribution in [-0.2, 0) is 20.7 Å². The Morgan fingerprint density at radius 2 is 1.94 bits per heavy atom. The molecule has 0 bridgehead atoms. The van der Waals surface area contributed by atoms with Crippen LogP contribution in [0.25, 0.3) is 0 Å². The van der Waals surface area contributed by atoms with E-state index in [1.165, 1.54) is 11.8 Å². The molecule has 2 aromatic rings. The minimum Gasteiger partial charge on any atom is -0.463 e. The number of thioether (sulfide) groups is 2. The summed E-state index contributed by atoms with van der Waals surface area (Å²) in [6.07, 6.45) is 2.70. The van der Waals surface area contributed by atoms with Crippen molar-refractivity contribution in [1.29, 1.82) is 10.5 Å². The Kier molecular flexibility index (Phi) is 8.86. The molecule has 1 aliphatic heterocycles. The highest BCUT2D eigenvalue weighted by Gasteiger charge is 2.37. The second kappa shape index (κ2) is 11.8. The van der Waals surface area contributed by atoms with E-state index in [1.54, 1.807) is 18.7 Å². The number of nitriles is 2. The molecule has 0 saturated carbocycles. The lowest BCUT2D eigenvalue weighted by Crippen LogP contribution is -2.27. The van der Waals surface area contributed by atoms with E-state index in [0.717, 1.165) is 28.1 Å². The summed E-state index contributed by atoms with van der Waals surface area (Å²) in [5.74, 6) is -0.892. The number of ether oxygens (including phenoxy) is 2. The predicted molar refractivity (Wildman–Crippen MR) is 136 cm³/mol. The Hall–Kier alpha value is -3.40. The molecule has 0 radical (unpaired) electrons. The largest absolute Gasteiger partial charge is 0.463 e. The van der Waals surface area contributed by atoms with Gasteiger partial charge in [-0.2, -0.15) is 10.5 Å². The number of benzene rings is 1. The van der Waals surface area contributed by atoms with Gasteiger partial charge in [0.2, 0.25) is 5.88 Å². The maximum atomic E-state index is 13.1. The van der Waals surface area contributed by atoms with E-state index in [4.69, 9.17) is 15.2 Å². The van der Waals surface area contributed by atoms with Crippen LogP contribution in [0.1, 0.15) is 42.1 Å². The lowest BCUT2D eigenvalue weighted by Gasteiger charge is -2.28. The first-order valence-corrected chi connectivity index (χ1v) is 13.2. The third-order valence-electron chi connectivity index (χ3n) is 5.52. The molecular formula is C26H26N4O3S2. The monoisotopic (exact) mass is 506 g/mol. The molecule has 180 valence electrons. The molecule has 7 nitrogen and oxygen atoms in total. The zero-order valence-corrected chi connectivity index (χ0v) is 21.7. The summed E-state index contributed by atoms with van der Waals surface area (Å²) < 4.78 is 11.2. The van der Waals surface area contributed by atoms with Gasteiger partial charge in [-0.15, -0.1) is 11.8 Å². The van der Waals surface area contributed by atoms with Crippen molar-refractivity contribution in [2.45, 2.75) is 43.0 Å². The number of nitrogens with two attached hydrogens (primary N) is 1. The molecule has 3 rings (SSSR count). The smallest absolute Gasteiger partial charge is 0.338 e. The van der Waals surface area contributed by atoms with Crippen LogP contribution in [0.15, 0.2) is 63.0 Å². The van der Waals surface area contributed by atoms with Crippen LogP contribution < -0.4 is 5.73 Å². The molecule has 0 saturated heterocycles. The number of aromatic nitrogens is 1. The van der Waals surface area contributed by atoms with Crippen LogP contribution in [0, 0.1) is 29.6 Å². The van der Waals surface area contributed by atoms with Crippen molar-refractivity contribution in [2.75, 3.05) is 18.6 Å². The number of rotatable bonds is 8. The number of pyridine rings is 1. The number of hydrogen-bond donors (Lipinski definition) is 1. The Morgan fingerprint density at radius 3 is 2.51 bits per heavy atom. The number of carbonyl (C=O) groups is 1. The SMILES string of the molecule is CCOC(=O)C1=C(CSc2nc(CC)c(C)cc2C#N)OC(N)=C(C#N)C1c1ccc(SC)cc1. The summed E-state index contributed by atoms with van der Waals surface area (Å²) in [5, 5.41) is 20.0. The number of esters is 1. The lowest BCUT2D eigenvalue weighted by atomic mass is 9.83. The van der Waals surface area contributed by atoms with E-state index in [2.05, 4.69) is 17.1 Å². The summed E-state index contributed by atoms with van der Waals surface area (Å²) in [7, 11) is 0. The standard InChI is InChI=1S/C26H26N4O3S2/c1-5-20-15(3)11-17(12-27)25(30-20)35-14-21-23(26(31)32-6-2)22(19(13-28)24(29)33-21)16-7-9-18(34-4)10-8-16/h7-11,22H,5-6,14,29H2,1-4H3. The topological polar surface area (TPSA) is 122 Å².